The first-order chi connectivity index (χ1) is 8.75. The average molecular weight is 246 g/mol. The van der Waals surface area contributed by atoms with Crippen molar-refractivity contribution in [1.82, 2.24) is 19.4 Å². The third-order valence-corrected chi connectivity index (χ3v) is 3.78. The van der Waals surface area contributed by atoms with Gasteiger partial charge in [-0.3, -0.25) is 9.55 Å². The Morgan fingerprint density at radius 2 is 2.28 bits per heavy atom. The van der Waals surface area contributed by atoms with Crippen LogP contribution >= 0.6 is 0 Å². The summed E-state index contributed by atoms with van der Waals surface area (Å²) in [5.74, 6) is 0. The van der Waals surface area contributed by atoms with Crippen LogP contribution in [-0.4, -0.2) is 39.6 Å². The Morgan fingerprint density at radius 3 is 3.17 bits per heavy atom. The van der Waals surface area contributed by atoms with E-state index in [2.05, 4.69) is 21.9 Å². The molecule has 1 unspecified atom stereocenters. The normalized spacial score (nSPS) is 22.2. The van der Waals surface area contributed by atoms with Gasteiger partial charge in [0.25, 0.3) is 0 Å². The van der Waals surface area contributed by atoms with Gasteiger partial charge in [0.05, 0.1) is 5.52 Å². The summed E-state index contributed by atoms with van der Waals surface area (Å²) in [6, 6.07) is 4.14. The van der Waals surface area contributed by atoms with Crippen molar-refractivity contribution < 1.29 is 0 Å². The zero-order chi connectivity index (χ0) is 12.5. The Kier molecular flexibility index (Phi) is 2.91. The second-order valence-corrected chi connectivity index (χ2v) is 5.06. The van der Waals surface area contributed by atoms with E-state index >= 15 is 0 Å². The van der Waals surface area contributed by atoms with Crippen molar-refractivity contribution in [1.29, 1.82) is 0 Å². The number of nitrogens with zero attached hydrogens (tertiary/aromatic N) is 3. The Balaban J connectivity index is 2.03. The van der Waals surface area contributed by atoms with Gasteiger partial charge in [-0.2, -0.15) is 0 Å². The molecule has 0 aliphatic carbocycles. The predicted molar refractivity (Wildman–Crippen MR) is 70.7 cm³/mol. The molecule has 96 valence electrons. The smallest absolute Gasteiger partial charge is 0.306 e. The number of pyridine rings is 1. The van der Waals surface area contributed by atoms with Gasteiger partial charge in [0.15, 0.2) is 5.65 Å². The summed E-state index contributed by atoms with van der Waals surface area (Å²) < 4.78 is 1.89. The minimum atomic E-state index is -0.0294. The summed E-state index contributed by atoms with van der Waals surface area (Å²) >= 11 is 0. The van der Waals surface area contributed by atoms with Crippen molar-refractivity contribution in [3.05, 3.63) is 28.8 Å². The van der Waals surface area contributed by atoms with Crippen LogP contribution in [0.4, 0.5) is 0 Å². The third-order valence-electron chi connectivity index (χ3n) is 3.78. The first-order valence-electron chi connectivity index (χ1n) is 6.49. The fraction of sp³-hybridized carbons (Fsp3) is 0.538. The summed E-state index contributed by atoms with van der Waals surface area (Å²) in [5.41, 5.74) is 1.59. The Hall–Kier alpha value is -1.62. The molecule has 3 heterocycles. The Bertz CT molecular complexity index is 600. The monoisotopic (exact) mass is 246 g/mol. The fourth-order valence-electron chi connectivity index (χ4n) is 2.80. The van der Waals surface area contributed by atoms with E-state index in [1.54, 1.807) is 6.20 Å². The van der Waals surface area contributed by atoms with Gasteiger partial charge in [-0.1, -0.05) is 0 Å². The van der Waals surface area contributed by atoms with Crippen molar-refractivity contribution in [2.75, 3.05) is 20.1 Å². The third kappa shape index (κ3) is 1.95. The lowest BCUT2D eigenvalue weighted by atomic mass is 10.1. The number of fused-ring (bicyclic) bond motifs is 1. The maximum atomic E-state index is 12.1. The van der Waals surface area contributed by atoms with E-state index in [1.165, 1.54) is 0 Å². The zero-order valence-electron chi connectivity index (χ0n) is 10.6. The number of aromatic amines is 1. The van der Waals surface area contributed by atoms with Crippen molar-refractivity contribution in [3.63, 3.8) is 0 Å². The van der Waals surface area contributed by atoms with Crippen LogP contribution in [0.25, 0.3) is 11.2 Å². The van der Waals surface area contributed by atoms with Crippen LogP contribution in [-0.2, 0) is 0 Å². The Labute approximate surface area is 105 Å². The quantitative estimate of drug-likeness (QED) is 0.827. The SMILES string of the molecule is CN1CCCC(n2c(=O)[nH]c3ncccc32)CC1. The number of nitrogens with one attached hydrogen (secondary N) is 1. The summed E-state index contributed by atoms with van der Waals surface area (Å²) in [6.45, 7) is 2.16. The molecular weight excluding hydrogens is 228 g/mol. The zero-order valence-corrected chi connectivity index (χ0v) is 10.6. The van der Waals surface area contributed by atoms with Gasteiger partial charge in [0.1, 0.15) is 0 Å². The molecule has 0 spiro atoms. The van der Waals surface area contributed by atoms with E-state index < -0.39 is 0 Å². The van der Waals surface area contributed by atoms with E-state index in [1.807, 2.05) is 16.7 Å². The number of H-pyrrole nitrogens is 1. The lowest BCUT2D eigenvalue weighted by Crippen LogP contribution is -2.24. The second-order valence-electron chi connectivity index (χ2n) is 5.06. The molecule has 1 N–H and O–H groups in total. The van der Waals surface area contributed by atoms with Crippen LogP contribution < -0.4 is 5.69 Å². The van der Waals surface area contributed by atoms with Crippen LogP contribution in [0.3, 0.4) is 0 Å². The highest BCUT2D eigenvalue weighted by Crippen LogP contribution is 2.23. The highest BCUT2D eigenvalue weighted by Gasteiger charge is 2.20. The highest BCUT2D eigenvalue weighted by atomic mass is 16.1. The van der Waals surface area contributed by atoms with Crippen LogP contribution in [0.5, 0.6) is 0 Å². The summed E-state index contributed by atoms with van der Waals surface area (Å²) in [5, 5.41) is 0. The predicted octanol–water partition coefficient (Wildman–Crippen LogP) is 1.38. The Morgan fingerprint density at radius 1 is 1.39 bits per heavy atom. The summed E-state index contributed by atoms with van der Waals surface area (Å²) in [6.07, 6.45) is 4.94. The van der Waals surface area contributed by atoms with Gasteiger partial charge in [-0.05, 0) is 51.5 Å². The van der Waals surface area contributed by atoms with Crippen molar-refractivity contribution in [2.24, 2.45) is 0 Å². The molecule has 0 amide bonds. The van der Waals surface area contributed by atoms with Crippen molar-refractivity contribution >= 4 is 11.2 Å². The first kappa shape index (κ1) is 11.5. The van der Waals surface area contributed by atoms with E-state index in [0.717, 1.165) is 37.9 Å². The van der Waals surface area contributed by atoms with E-state index in [-0.39, 0.29) is 5.69 Å². The largest absolute Gasteiger partial charge is 0.327 e. The molecule has 0 saturated carbocycles. The van der Waals surface area contributed by atoms with Gasteiger partial charge >= 0.3 is 5.69 Å². The van der Waals surface area contributed by atoms with Crippen LogP contribution in [0, 0.1) is 0 Å². The van der Waals surface area contributed by atoms with Crippen LogP contribution in [0.2, 0.25) is 0 Å². The molecule has 5 nitrogen and oxygen atoms in total. The molecule has 2 aromatic rings. The van der Waals surface area contributed by atoms with Crippen LogP contribution in [0.1, 0.15) is 25.3 Å². The van der Waals surface area contributed by atoms with Gasteiger partial charge in [-0.15, -0.1) is 0 Å². The van der Waals surface area contributed by atoms with Crippen molar-refractivity contribution in [2.45, 2.75) is 25.3 Å². The molecule has 0 bridgehead atoms. The molecular formula is C13H18N4O. The molecule has 1 aliphatic rings. The molecule has 3 rings (SSSR count). The van der Waals surface area contributed by atoms with E-state index in [0.29, 0.717) is 11.7 Å². The van der Waals surface area contributed by atoms with Gasteiger partial charge in [-0.25, -0.2) is 9.78 Å². The maximum Gasteiger partial charge on any atom is 0.327 e. The summed E-state index contributed by atoms with van der Waals surface area (Å²) in [4.78, 5) is 21.5. The van der Waals surface area contributed by atoms with Gasteiger partial charge in [0.2, 0.25) is 0 Å². The van der Waals surface area contributed by atoms with E-state index in [9.17, 15) is 4.79 Å². The number of likely N-dealkylation sites (tertiary alicyclic amines) is 1. The lowest BCUT2D eigenvalue weighted by molar-refractivity contribution is 0.341. The number of rotatable bonds is 1. The topological polar surface area (TPSA) is 53.9 Å². The molecule has 1 atom stereocenters. The molecule has 18 heavy (non-hydrogen) atoms. The molecule has 0 aromatic carbocycles. The van der Waals surface area contributed by atoms with Gasteiger partial charge in [0, 0.05) is 12.2 Å². The standard InChI is InChI=1S/C13H18N4O/c1-16-8-3-4-10(6-9-16)17-11-5-2-7-14-12(11)15-13(17)18/h2,5,7,10H,3-4,6,8-9H2,1H3,(H,14,15,18). The fourth-order valence-corrected chi connectivity index (χ4v) is 2.80. The molecule has 1 saturated heterocycles. The van der Waals surface area contributed by atoms with Gasteiger partial charge < -0.3 is 4.90 Å². The maximum absolute atomic E-state index is 12.1. The molecule has 1 aliphatic heterocycles. The minimum Gasteiger partial charge on any atom is -0.306 e. The number of imidazole rings is 1. The van der Waals surface area contributed by atoms with Crippen LogP contribution in [0.15, 0.2) is 23.1 Å². The number of hydrogen-bond acceptors (Lipinski definition) is 3. The van der Waals surface area contributed by atoms with Crippen molar-refractivity contribution in [3.8, 4) is 0 Å². The second kappa shape index (κ2) is 4.57. The number of aromatic nitrogens is 3. The number of hydrogen-bond donors (Lipinski definition) is 1. The molecule has 1 fully saturated rings. The minimum absolute atomic E-state index is 0.0294. The first-order valence-corrected chi connectivity index (χ1v) is 6.49. The summed E-state index contributed by atoms with van der Waals surface area (Å²) in [7, 11) is 2.14. The van der Waals surface area contributed by atoms with E-state index in [4.69, 9.17) is 0 Å². The molecule has 0 radical (unpaired) electrons. The molecule has 5 heteroatoms. The lowest BCUT2D eigenvalue weighted by Gasteiger charge is -2.16. The highest BCUT2D eigenvalue weighted by molar-refractivity contribution is 5.70. The molecule has 2 aromatic heterocycles. The average Bonchev–Trinajstić information content (AvgIpc) is 2.54.